The van der Waals surface area contributed by atoms with E-state index in [1.54, 1.807) is 10.6 Å². The molecule has 0 saturated carbocycles. The molecule has 0 radical (unpaired) electrons. The lowest BCUT2D eigenvalue weighted by molar-refractivity contribution is 0.0951. The fraction of sp³-hybridized carbons (Fsp3) is 0.500. The molecule has 0 spiro atoms. The van der Waals surface area contributed by atoms with E-state index in [-0.39, 0.29) is 11.5 Å². The number of rotatable bonds is 6. The lowest BCUT2D eigenvalue weighted by Gasteiger charge is -2.34. The number of likely N-dealkylation sites (tertiary alicyclic amines) is 1. The Hall–Kier alpha value is -2.18. The van der Waals surface area contributed by atoms with Crippen molar-refractivity contribution >= 4 is 38.2 Å². The van der Waals surface area contributed by atoms with Crippen molar-refractivity contribution in [2.75, 3.05) is 26.2 Å². The van der Waals surface area contributed by atoms with Gasteiger partial charge in [-0.1, -0.05) is 32.0 Å². The topological polar surface area (TPSA) is 54.3 Å². The summed E-state index contributed by atoms with van der Waals surface area (Å²) >= 11 is 1.42. The lowest BCUT2D eigenvalue weighted by atomic mass is 9.92. The molecule has 30 heavy (non-hydrogen) atoms. The number of aryl methyl sites for hydroxylation is 1. The molecule has 0 bridgehead atoms. The molecule has 2 unspecified atom stereocenters. The second-order valence-electron chi connectivity index (χ2n) is 8.74. The minimum absolute atomic E-state index is 0.0187. The van der Waals surface area contributed by atoms with Gasteiger partial charge in [-0.3, -0.25) is 9.59 Å². The van der Waals surface area contributed by atoms with Crippen LogP contribution in [0, 0.1) is 11.8 Å². The normalized spacial score (nSPS) is 20.1. The molecule has 1 aliphatic heterocycles. The Labute approximate surface area is 181 Å². The molecule has 3 heterocycles. The Balaban J connectivity index is 1.46. The van der Waals surface area contributed by atoms with E-state index < -0.39 is 0 Å². The number of pyridine rings is 1. The van der Waals surface area contributed by atoms with Gasteiger partial charge in [-0.25, -0.2) is 0 Å². The smallest absolute Gasteiger partial charge is 0.261 e. The zero-order chi connectivity index (χ0) is 21.3. The van der Waals surface area contributed by atoms with Gasteiger partial charge in [-0.2, -0.15) is 0 Å². The zero-order valence-electron chi connectivity index (χ0n) is 18.1. The van der Waals surface area contributed by atoms with Crippen molar-refractivity contribution in [3.05, 3.63) is 45.6 Å². The van der Waals surface area contributed by atoms with Crippen LogP contribution in [0.1, 0.15) is 43.3 Å². The summed E-state index contributed by atoms with van der Waals surface area (Å²) < 4.78 is 2.69. The number of amides is 1. The van der Waals surface area contributed by atoms with Gasteiger partial charge in [0, 0.05) is 36.3 Å². The molecule has 6 heteroatoms. The minimum Gasteiger partial charge on any atom is -0.351 e. The van der Waals surface area contributed by atoms with Crippen molar-refractivity contribution in [3.8, 4) is 0 Å². The first kappa shape index (κ1) is 21.1. The second-order valence-corrected chi connectivity index (χ2v) is 9.79. The van der Waals surface area contributed by atoms with Gasteiger partial charge in [0.05, 0.1) is 15.8 Å². The van der Waals surface area contributed by atoms with Gasteiger partial charge in [-0.15, -0.1) is 11.3 Å². The molecular formula is C24H31N3O2S. The number of hydrogen-bond acceptors (Lipinski definition) is 4. The maximum atomic E-state index is 12.9. The molecule has 1 saturated heterocycles. The van der Waals surface area contributed by atoms with E-state index in [9.17, 15) is 9.59 Å². The molecule has 5 nitrogen and oxygen atoms in total. The van der Waals surface area contributed by atoms with Crippen molar-refractivity contribution < 1.29 is 4.79 Å². The van der Waals surface area contributed by atoms with E-state index in [4.69, 9.17) is 0 Å². The first-order valence-corrected chi connectivity index (χ1v) is 11.8. The molecule has 3 aromatic rings. The van der Waals surface area contributed by atoms with Gasteiger partial charge in [0.25, 0.3) is 11.5 Å². The van der Waals surface area contributed by atoms with Crippen molar-refractivity contribution in [3.63, 3.8) is 0 Å². The summed E-state index contributed by atoms with van der Waals surface area (Å²) in [6, 6.07) is 9.70. The largest absolute Gasteiger partial charge is 0.351 e. The Kier molecular flexibility index (Phi) is 6.25. The van der Waals surface area contributed by atoms with E-state index in [1.165, 1.54) is 17.8 Å². The number of nitrogens with zero attached hydrogens (tertiary/aromatic N) is 2. The monoisotopic (exact) mass is 425 g/mol. The molecule has 160 valence electrons. The van der Waals surface area contributed by atoms with Crippen LogP contribution in [0.25, 0.3) is 21.0 Å². The third-order valence-corrected chi connectivity index (χ3v) is 7.24. The fourth-order valence-corrected chi connectivity index (χ4v) is 6.00. The van der Waals surface area contributed by atoms with Gasteiger partial charge in [-0.05, 0) is 50.3 Å². The van der Waals surface area contributed by atoms with Crippen LogP contribution in [0.4, 0.5) is 0 Å². The standard InChI is InChI=1S/C24H31N3O2S/c1-4-27-20-9-6-5-8-18(20)22-19(24(27)29)13-21(30-22)23(28)25-10-7-11-26-14-16(2)12-17(3)15-26/h5-6,8-9,13,16-17H,4,7,10-12,14-15H2,1-3H3,(H,25,28). The Morgan fingerprint density at radius 2 is 1.90 bits per heavy atom. The second kappa shape index (κ2) is 8.90. The van der Waals surface area contributed by atoms with Crippen LogP contribution in [-0.4, -0.2) is 41.6 Å². The van der Waals surface area contributed by atoms with E-state index in [2.05, 4.69) is 24.1 Å². The van der Waals surface area contributed by atoms with Crippen LogP contribution in [0.3, 0.4) is 0 Å². The number of carbonyl (C=O) groups is 1. The molecule has 0 aliphatic carbocycles. The molecule has 2 atom stereocenters. The first-order valence-electron chi connectivity index (χ1n) is 11.0. The number of benzene rings is 1. The summed E-state index contributed by atoms with van der Waals surface area (Å²) in [6.45, 7) is 11.2. The molecule has 1 amide bonds. The lowest BCUT2D eigenvalue weighted by Crippen LogP contribution is -2.40. The average Bonchev–Trinajstić information content (AvgIpc) is 3.17. The van der Waals surface area contributed by atoms with Gasteiger partial charge in [0.1, 0.15) is 0 Å². The molecule has 1 fully saturated rings. The van der Waals surface area contributed by atoms with Gasteiger partial charge in [0.15, 0.2) is 0 Å². The van der Waals surface area contributed by atoms with Crippen molar-refractivity contribution in [2.24, 2.45) is 11.8 Å². The van der Waals surface area contributed by atoms with E-state index in [1.807, 2.05) is 31.2 Å². The minimum atomic E-state index is -0.0805. The van der Waals surface area contributed by atoms with Crippen LogP contribution >= 0.6 is 11.3 Å². The van der Waals surface area contributed by atoms with Crippen LogP contribution in [0.2, 0.25) is 0 Å². The summed E-state index contributed by atoms with van der Waals surface area (Å²) in [6.07, 6.45) is 2.26. The quantitative estimate of drug-likeness (QED) is 0.598. The van der Waals surface area contributed by atoms with Crippen LogP contribution in [0.5, 0.6) is 0 Å². The molecule has 1 aromatic carbocycles. The predicted octanol–water partition coefficient (Wildman–Crippen LogP) is 4.33. The summed E-state index contributed by atoms with van der Waals surface area (Å²) in [7, 11) is 0. The Morgan fingerprint density at radius 3 is 2.63 bits per heavy atom. The van der Waals surface area contributed by atoms with Crippen molar-refractivity contribution in [2.45, 2.75) is 40.2 Å². The molecule has 1 N–H and O–H groups in total. The zero-order valence-corrected chi connectivity index (χ0v) is 18.9. The number of fused-ring (bicyclic) bond motifs is 3. The number of nitrogens with one attached hydrogen (secondary N) is 1. The summed E-state index contributed by atoms with van der Waals surface area (Å²) in [5.41, 5.74) is 0.908. The average molecular weight is 426 g/mol. The molecule has 1 aliphatic rings. The predicted molar refractivity (Wildman–Crippen MR) is 126 cm³/mol. The molecule has 4 rings (SSSR count). The first-order chi connectivity index (χ1) is 14.5. The number of aromatic nitrogens is 1. The van der Waals surface area contributed by atoms with Crippen LogP contribution in [-0.2, 0) is 6.54 Å². The fourth-order valence-electron chi connectivity index (χ4n) is 4.90. The number of para-hydroxylation sites is 1. The number of thiophene rings is 1. The maximum absolute atomic E-state index is 12.9. The van der Waals surface area contributed by atoms with Gasteiger partial charge < -0.3 is 14.8 Å². The third-order valence-electron chi connectivity index (χ3n) is 6.07. The number of hydrogen-bond donors (Lipinski definition) is 1. The summed E-state index contributed by atoms with van der Waals surface area (Å²) in [4.78, 5) is 28.8. The highest BCUT2D eigenvalue weighted by Gasteiger charge is 2.21. The number of piperidine rings is 1. The molecule has 2 aromatic heterocycles. The van der Waals surface area contributed by atoms with Crippen molar-refractivity contribution in [1.29, 1.82) is 0 Å². The highest BCUT2D eigenvalue weighted by molar-refractivity contribution is 7.21. The SMILES string of the molecule is CCn1c(=O)c2cc(C(=O)NCCCN3CC(C)CC(C)C3)sc2c2ccccc21. The summed E-state index contributed by atoms with van der Waals surface area (Å²) in [5.74, 6) is 1.43. The molecular weight excluding hydrogens is 394 g/mol. The highest BCUT2D eigenvalue weighted by atomic mass is 32.1. The Bertz CT molecular complexity index is 1110. The highest BCUT2D eigenvalue weighted by Crippen LogP contribution is 2.30. The van der Waals surface area contributed by atoms with Gasteiger partial charge in [0.2, 0.25) is 0 Å². The van der Waals surface area contributed by atoms with E-state index >= 15 is 0 Å². The van der Waals surface area contributed by atoms with Crippen LogP contribution < -0.4 is 10.9 Å². The third kappa shape index (κ3) is 4.16. The summed E-state index contributed by atoms with van der Waals surface area (Å²) in [5, 5.41) is 4.73. The Morgan fingerprint density at radius 1 is 1.17 bits per heavy atom. The maximum Gasteiger partial charge on any atom is 0.261 e. The van der Waals surface area contributed by atoms with Gasteiger partial charge >= 0.3 is 0 Å². The van der Waals surface area contributed by atoms with E-state index in [0.29, 0.717) is 23.4 Å². The van der Waals surface area contributed by atoms with E-state index in [0.717, 1.165) is 53.5 Å². The van der Waals surface area contributed by atoms with Crippen LogP contribution in [0.15, 0.2) is 35.1 Å². The number of carbonyl (C=O) groups excluding carboxylic acids is 1. The van der Waals surface area contributed by atoms with Crippen molar-refractivity contribution in [1.82, 2.24) is 14.8 Å².